The molecule has 0 saturated heterocycles. The van der Waals surface area contributed by atoms with Crippen molar-refractivity contribution in [2.45, 2.75) is 6.92 Å². The van der Waals surface area contributed by atoms with Gasteiger partial charge in [0.2, 0.25) is 0 Å². The predicted octanol–water partition coefficient (Wildman–Crippen LogP) is 1.12. The first-order valence-corrected chi connectivity index (χ1v) is 6.09. The second-order valence-corrected chi connectivity index (χ2v) is 4.28. The van der Waals surface area contributed by atoms with Crippen molar-refractivity contribution in [1.29, 1.82) is 0 Å². The minimum absolute atomic E-state index is 0.0465. The predicted molar refractivity (Wildman–Crippen MR) is 70.9 cm³/mol. The van der Waals surface area contributed by atoms with Crippen LogP contribution in [0, 0.1) is 6.92 Å². The van der Waals surface area contributed by atoms with Crippen LogP contribution in [0.5, 0.6) is 0 Å². The van der Waals surface area contributed by atoms with Gasteiger partial charge in [-0.05, 0) is 6.92 Å². The molecule has 4 heteroatoms. The van der Waals surface area contributed by atoms with E-state index in [0.717, 1.165) is 5.56 Å². The molecule has 1 rings (SSSR count). The number of hydrogen-bond acceptors (Lipinski definition) is 4. The lowest BCUT2D eigenvalue weighted by Crippen LogP contribution is -2.35. The molecule has 18 heavy (non-hydrogen) atoms. The maximum Gasteiger partial charge on any atom is 0.176 e. The monoisotopic (exact) mass is 251 g/mol. The highest BCUT2D eigenvalue weighted by Crippen LogP contribution is 2.05. The molecular formula is C14H21NO3. The lowest BCUT2D eigenvalue weighted by atomic mass is 10.1. The van der Waals surface area contributed by atoms with Gasteiger partial charge in [-0.3, -0.25) is 9.69 Å². The van der Waals surface area contributed by atoms with Crippen molar-refractivity contribution in [3.8, 4) is 0 Å². The molecule has 1 N–H and O–H groups in total. The zero-order chi connectivity index (χ0) is 13.4. The maximum atomic E-state index is 12.0. The number of methoxy groups -OCH3 is 1. The van der Waals surface area contributed by atoms with Crippen LogP contribution in [0.25, 0.3) is 0 Å². The van der Waals surface area contributed by atoms with Gasteiger partial charge in [0.15, 0.2) is 5.78 Å². The Bertz CT molecular complexity index is 362. The highest BCUT2D eigenvalue weighted by Gasteiger charge is 2.11. The number of aliphatic hydroxyl groups is 1. The number of benzene rings is 1. The van der Waals surface area contributed by atoms with Gasteiger partial charge in [-0.25, -0.2) is 0 Å². The van der Waals surface area contributed by atoms with Gasteiger partial charge in [0, 0.05) is 25.8 Å². The Kier molecular flexibility index (Phi) is 6.57. The first-order valence-electron chi connectivity index (χ1n) is 6.09. The van der Waals surface area contributed by atoms with Gasteiger partial charge >= 0.3 is 0 Å². The molecule has 4 nitrogen and oxygen atoms in total. The summed E-state index contributed by atoms with van der Waals surface area (Å²) in [5.41, 5.74) is 1.85. The van der Waals surface area contributed by atoms with Gasteiger partial charge in [-0.15, -0.1) is 0 Å². The molecule has 0 amide bonds. The second kappa shape index (κ2) is 7.97. The molecule has 0 atom stereocenters. The Morgan fingerprint density at radius 3 is 2.50 bits per heavy atom. The smallest absolute Gasteiger partial charge is 0.176 e. The van der Waals surface area contributed by atoms with E-state index in [0.29, 0.717) is 31.8 Å². The quantitative estimate of drug-likeness (QED) is 0.703. The van der Waals surface area contributed by atoms with E-state index in [4.69, 9.17) is 9.84 Å². The molecule has 1 aromatic rings. The molecule has 0 unspecified atom stereocenters. The summed E-state index contributed by atoms with van der Waals surface area (Å²) in [6.45, 7) is 4.04. The van der Waals surface area contributed by atoms with Crippen molar-refractivity contribution in [3.05, 3.63) is 35.4 Å². The minimum atomic E-state index is 0.0465. The summed E-state index contributed by atoms with van der Waals surface area (Å²) in [5.74, 6) is 0.0690. The van der Waals surface area contributed by atoms with Gasteiger partial charge in [0.05, 0.1) is 19.8 Å². The molecule has 0 aliphatic carbocycles. The number of hydrogen-bond donors (Lipinski definition) is 1. The topological polar surface area (TPSA) is 49.8 Å². The van der Waals surface area contributed by atoms with E-state index < -0.39 is 0 Å². The molecule has 0 aliphatic rings. The van der Waals surface area contributed by atoms with Gasteiger partial charge in [0.25, 0.3) is 0 Å². The first kappa shape index (κ1) is 14.8. The summed E-state index contributed by atoms with van der Waals surface area (Å²) in [6, 6.07) is 7.54. The van der Waals surface area contributed by atoms with Crippen LogP contribution in [0.15, 0.2) is 24.3 Å². The number of aliphatic hydroxyl groups excluding tert-OH is 1. The van der Waals surface area contributed by atoms with Crippen LogP contribution < -0.4 is 0 Å². The van der Waals surface area contributed by atoms with Crippen LogP contribution in [0.1, 0.15) is 15.9 Å². The fourth-order valence-corrected chi connectivity index (χ4v) is 1.67. The molecule has 0 aromatic heterocycles. The summed E-state index contributed by atoms with van der Waals surface area (Å²) in [7, 11) is 1.62. The Hall–Kier alpha value is -1.23. The van der Waals surface area contributed by atoms with E-state index in [1.165, 1.54) is 0 Å². The van der Waals surface area contributed by atoms with Crippen molar-refractivity contribution in [2.24, 2.45) is 0 Å². The number of carbonyl (C=O) groups excluding carboxylic acids is 1. The number of rotatable bonds is 8. The average molecular weight is 251 g/mol. The molecular weight excluding hydrogens is 230 g/mol. The highest BCUT2D eigenvalue weighted by molar-refractivity contribution is 5.97. The first-order chi connectivity index (χ1) is 8.67. The number of nitrogens with zero attached hydrogens (tertiary/aromatic N) is 1. The summed E-state index contributed by atoms with van der Waals surface area (Å²) in [6.07, 6.45) is 0. The van der Waals surface area contributed by atoms with Crippen LogP contribution in [-0.4, -0.2) is 55.7 Å². The highest BCUT2D eigenvalue weighted by atomic mass is 16.5. The normalized spacial score (nSPS) is 10.9. The Labute approximate surface area is 108 Å². The third-order valence-electron chi connectivity index (χ3n) is 2.77. The van der Waals surface area contributed by atoms with Crippen molar-refractivity contribution >= 4 is 5.78 Å². The number of aryl methyl sites for hydroxylation is 1. The Morgan fingerprint density at radius 1 is 1.28 bits per heavy atom. The van der Waals surface area contributed by atoms with Crippen LogP contribution in [-0.2, 0) is 4.74 Å². The van der Waals surface area contributed by atoms with Gasteiger partial charge in [-0.1, -0.05) is 29.8 Å². The standard InChI is InChI=1S/C14H21NO3/c1-12-3-5-13(6-4-12)14(17)11-15(7-9-16)8-10-18-2/h3-6,16H,7-11H2,1-2H3. The zero-order valence-corrected chi connectivity index (χ0v) is 11.1. The molecule has 0 bridgehead atoms. The zero-order valence-electron chi connectivity index (χ0n) is 11.1. The molecule has 0 spiro atoms. The molecule has 0 heterocycles. The Morgan fingerprint density at radius 2 is 1.94 bits per heavy atom. The van der Waals surface area contributed by atoms with E-state index in [1.807, 2.05) is 36.1 Å². The van der Waals surface area contributed by atoms with Gasteiger partial charge in [0.1, 0.15) is 0 Å². The van der Waals surface area contributed by atoms with Crippen LogP contribution in [0.3, 0.4) is 0 Å². The summed E-state index contributed by atoms with van der Waals surface area (Å²) in [4.78, 5) is 13.9. The van der Waals surface area contributed by atoms with Crippen molar-refractivity contribution < 1.29 is 14.6 Å². The molecule has 0 saturated carbocycles. The maximum absolute atomic E-state index is 12.0. The molecule has 0 aliphatic heterocycles. The largest absolute Gasteiger partial charge is 0.395 e. The van der Waals surface area contributed by atoms with Gasteiger partial charge < -0.3 is 9.84 Å². The van der Waals surface area contributed by atoms with E-state index in [1.54, 1.807) is 7.11 Å². The van der Waals surface area contributed by atoms with Crippen molar-refractivity contribution in [1.82, 2.24) is 4.90 Å². The van der Waals surface area contributed by atoms with E-state index in [-0.39, 0.29) is 12.4 Å². The summed E-state index contributed by atoms with van der Waals surface area (Å²) >= 11 is 0. The van der Waals surface area contributed by atoms with E-state index in [2.05, 4.69) is 0 Å². The number of carbonyl (C=O) groups is 1. The van der Waals surface area contributed by atoms with Crippen molar-refractivity contribution in [2.75, 3.05) is 40.0 Å². The van der Waals surface area contributed by atoms with E-state index >= 15 is 0 Å². The number of ether oxygens (including phenoxy) is 1. The fraction of sp³-hybridized carbons (Fsp3) is 0.500. The van der Waals surface area contributed by atoms with Crippen LogP contribution >= 0.6 is 0 Å². The van der Waals surface area contributed by atoms with Crippen LogP contribution in [0.4, 0.5) is 0 Å². The SMILES string of the molecule is COCCN(CCO)CC(=O)c1ccc(C)cc1. The lowest BCUT2D eigenvalue weighted by molar-refractivity contribution is 0.0868. The van der Waals surface area contributed by atoms with Crippen molar-refractivity contribution in [3.63, 3.8) is 0 Å². The summed E-state index contributed by atoms with van der Waals surface area (Å²) in [5, 5.41) is 8.96. The number of ketones is 1. The molecule has 100 valence electrons. The summed E-state index contributed by atoms with van der Waals surface area (Å²) < 4.78 is 4.99. The van der Waals surface area contributed by atoms with Crippen LogP contribution in [0.2, 0.25) is 0 Å². The lowest BCUT2D eigenvalue weighted by Gasteiger charge is -2.19. The number of Topliss-reactive ketones (excluding diaryl/α,β-unsaturated/α-hetero) is 1. The third kappa shape index (κ3) is 4.96. The van der Waals surface area contributed by atoms with Gasteiger partial charge in [-0.2, -0.15) is 0 Å². The third-order valence-corrected chi connectivity index (χ3v) is 2.77. The Balaban J connectivity index is 2.56. The molecule has 0 radical (unpaired) electrons. The molecule has 0 fully saturated rings. The second-order valence-electron chi connectivity index (χ2n) is 4.28. The fourth-order valence-electron chi connectivity index (χ4n) is 1.67. The average Bonchev–Trinajstić information content (AvgIpc) is 2.37. The van der Waals surface area contributed by atoms with E-state index in [9.17, 15) is 4.79 Å². The molecule has 1 aromatic carbocycles. The minimum Gasteiger partial charge on any atom is -0.395 e.